The molecule has 0 bridgehead atoms. The monoisotopic (exact) mass is 241 g/mol. The second-order valence-corrected chi connectivity index (χ2v) is 3.96. The number of benzene rings is 1. The molecule has 0 saturated carbocycles. The number of carbonyl (C=O) groups is 1. The third kappa shape index (κ3) is 3.12. The van der Waals surface area contributed by atoms with Crippen molar-refractivity contribution in [3.05, 3.63) is 35.9 Å². The zero-order valence-electron chi connectivity index (χ0n) is 10.3. The van der Waals surface area contributed by atoms with Crippen molar-refractivity contribution in [1.29, 1.82) is 5.26 Å². The lowest BCUT2D eigenvalue weighted by molar-refractivity contribution is -0.151. The van der Waals surface area contributed by atoms with Gasteiger partial charge in [-0.1, -0.05) is 30.3 Å². The van der Waals surface area contributed by atoms with Gasteiger partial charge in [-0.25, -0.2) is 0 Å². The molecule has 0 aromatic heterocycles. The normalized spacial score (nSPS) is 12.8. The van der Waals surface area contributed by atoms with Crippen molar-refractivity contribution in [3.63, 3.8) is 0 Å². The van der Waals surface area contributed by atoms with Crippen LogP contribution in [-0.4, -0.2) is 12.6 Å². The Hall–Kier alpha value is -2.26. The molecule has 1 aromatic carbocycles. The first-order valence-corrected chi connectivity index (χ1v) is 5.74. The van der Waals surface area contributed by atoms with E-state index in [1.165, 1.54) is 0 Å². The average Bonchev–Trinajstić information content (AvgIpc) is 2.39. The molecule has 0 radical (unpaired) electrons. The first-order valence-electron chi connectivity index (χ1n) is 5.74. The van der Waals surface area contributed by atoms with Crippen molar-refractivity contribution in [3.8, 4) is 18.4 Å². The molecule has 92 valence electrons. The van der Waals surface area contributed by atoms with Crippen LogP contribution in [0.1, 0.15) is 18.9 Å². The van der Waals surface area contributed by atoms with Crippen LogP contribution >= 0.6 is 0 Å². The third-order valence-corrected chi connectivity index (χ3v) is 2.63. The number of terminal acetylenes is 1. The van der Waals surface area contributed by atoms with Crippen molar-refractivity contribution in [1.82, 2.24) is 0 Å². The summed E-state index contributed by atoms with van der Waals surface area (Å²) in [5.41, 5.74) is -0.395. The summed E-state index contributed by atoms with van der Waals surface area (Å²) in [4.78, 5) is 12.0. The van der Waals surface area contributed by atoms with Crippen LogP contribution in [0.15, 0.2) is 30.3 Å². The zero-order chi connectivity index (χ0) is 13.4. The van der Waals surface area contributed by atoms with E-state index in [2.05, 4.69) is 5.92 Å². The first kappa shape index (κ1) is 13.8. The van der Waals surface area contributed by atoms with E-state index in [0.717, 1.165) is 5.56 Å². The number of hydrogen-bond acceptors (Lipinski definition) is 3. The molecule has 0 N–H and O–H groups in total. The molecule has 0 aliphatic heterocycles. The van der Waals surface area contributed by atoms with E-state index in [0.29, 0.717) is 0 Å². The average molecular weight is 241 g/mol. The number of nitriles is 1. The third-order valence-electron chi connectivity index (χ3n) is 2.63. The van der Waals surface area contributed by atoms with Gasteiger partial charge < -0.3 is 4.74 Å². The number of hydrogen-bond donors (Lipinski definition) is 0. The van der Waals surface area contributed by atoms with E-state index in [1.807, 2.05) is 36.4 Å². The Labute approximate surface area is 107 Å². The van der Waals surface area contributed by atoms with E-state index >= 15 is 0 Å². The van der Waals surface area contributed by atoms with Crippen LogP contribution < -0.4 is 0 Å². The molecule has 0 heterocycles. The van der Waals surface area contributed by atoms with Gasteiger partial charge in [-0.2, -0.15) is 5.26 Å². The van der Waals surface area contributed by atoms with Crippen LogP contribution in [0.2, 0.25) is 0 Å². The first-order chi connectivity index (χ1) is 8.68. The Balaban J connectivity index is 3.02. The topological polar surface area (TPSA) is 50.1 Å². The van der Waals surface area contributed by atoms with E-state index in [9.17, 15) is 10.1 Å². The lowest BCUT2D eigenvalue weighted by atomic mass is 9.80. The van der Waals surface area contributed by atoms with Gasteiger partial charge in [0.15, 0.2) is 5.41 Å². The van der Waals surface area contributed by atoms with Crippen molar-refractivity contribution in [2.75, 3.05) is 6.61 Å². The highest BCUT2D eigenvalue weighted by Gasteiger charge is 2.39. The highest BCUT2D eigenvalue weighted by Crippen LogP contribution is 2.28. The largest absolute Gasteiger partial charge is 0.465 e. The molecule has 3 heteroatoms. The number of carbonyl (C=O) groups excluding carboxylic acids is 1. The highest BCUT2D eigenvalue weighted by molar-refractivity contribution is 5.81. The predicted molar refractivity (Wildman–Crippen MR) is 68.3 cm³/mol. The number of esters is 1. The van der Waals surface area contributed by atoms with E-state index in [-0.39, 0.29) is 19.4 Å². The molecule has 1 aromatic rings. The lowest BCUT2D eigenvalue weighted by Gasteiger charge is -2.22. The van der Waals surface area contributed by atoms with Gasteiger partial charge in [0.1, 0.15) is 0 Å². The summed E-state index contributed by atoms with van der Waals surface area (Å²) in [6.07, 6.45) is 5.59. The predicted octanol–water partition coefficient (Wildman–Crippen LogP) is 2.33. The summed E-state index contributed by atoms with van der Waals surface area (Å²) in [5.74, 6) is 1.85. The minimum atomic E-state index is -1.29. The van der Waals surface area contributed by atoms with E-state index < -0.39 is 11.4 Å². The molecule has 0 fully saturated rings. The molecular formula is C15H15NO2. The van der Waals surface area contributed by atoms with Crippen LogP contribution in [-0.2, 0) is 16.0 Å². The molecule has 0 aliphatic carbocycles. The van der Waals surface area contributed by atoms with Crippen LogP contribution in [0, 0.1) is 29.1 Å². The van der Waals surface area contributed by atoms with E-state index in [4.69, 9.17) is 11.2 Å². The van der Waals surface area contributed by atoms with E-state index in [1.54, 1.807) is 6.92 Å². The lowest BCUT2D eigenvalue weighted by Crippen LogP contribution is -2.33. The number of ether oxygens (including phenoxy) is 1. The summed E-state index contributed by atoms with van der Waals surface area (Å²) < 4.78 is 4.97. The van der Waals surface area contributed by atoms with Crippen molar-refractivity contribution in [2.24, 2.45) is 5.41 Å². The maximum Gasteiger partial charge on any atom is 0.327 e. The van der Waals surface area contributed by atoms with Gasteiger partial charge in [-0.15, -0.1) is 12.3 Å². The molecule has 0 saturated heterocycles. The molecule has 1 atom stereocenters. The van der Waals surface area contributed by atoms with Crippen LogP contribution in [0.4, 0.5) is 0 Å². The molecule has 3 nitrogen and oxygen atoms in total. The molecule has 1 rings (SSSR count). The Bertz CT molecular complexity index is 481. The molecule has 18 heavy (non-hydrogen) atoms. The van der Waals surface area contributed by atoms with Gasteiger partial charge in [-0.3, -0.25) is 4.79 Å². The van der Waals surface area contributed by atoms with Crippen molar-refractivity contribution in [2.45, 2.75) is 19.8 Å². The van der Waals surface area contributed by atoms with Crippen LogP contribution in [0.25, 0.3) is 0 Å². The van der Waals surface area contributed by atoms with Gasteiger partial charge in [0, 0.05) is 12.8 Å². The SMILES string of the molecule is C#CCC(C#N)(Cc1ccccc1)C(=O)OCC. The number of nitrogens with zero attached hydrogens (tertiary/aromatic N) is 1. The number of rotatable bonds is 5. The Kier molecular flexibility index (Phi) is 4.96. The van der Waals surface area contributed by atoms with Gasteiger partial charge >= 0.3 is 5.97 Å². The van der Waals surface area contributed by atoms with Gasteiger partial charge in [0.2, 0.25) is 0 Å². The second kappa shape index (κ2) is 6.47. The Morgan fingerprint density at radius 3 is 2.61 bits per heavy atom. The summed E-state index contributed by atoms with van der Waals surface area (Å²) in [7, 11) is 0. The second-order valence-electron chi connectivity index (χ2n) is 3.96. The fraction of sp³-hybridized carbons (Fsp3) is 0.333. The maximum atomic E-state index is 12.0. The minimum absolute atomic E-state index is 0.0528. The minimum Gasteiger partial charge on any atom is -0.465 e. The zero-order valence-corrected chi connectivity index (χ0v) is 10.3. The quantitative estimate of drug-likeness (QED) is 0.587. The summed E-state index contributed by atoms with van der Waals surface area (Å²) in [5, 5.41) is 9.32. The molecule has 0 spiro atoms. The van der Waals surface area contributed by atoms with Gasteiger partial charge in [0.25, 0.3) is 0 Å². The fourth-order valence-electron chi connectivity index (χ4n) is 1.72. The van der Waals surface area contributed by atoms with Crippen molar-refractivity contribution >= 4 is 5.97 Å². The fourth-order valence-corrected chi connectivity index (χ4v) is 1.72. The molecular weight excluding hydrogens is 226 g/mol. The van der Waals surface area contributed by atoms with Crippen molar-refractivity contribution < 1.29 is 9.53 Å². The standard InChI is InChI=1S/C15H15NO2/c1-3-10-15(12-16,14(17)18-4-2)11-13-8-6-5-7-9-13/h1,5-9H,4,10-11H2,2H3. The van der Waals surface area contributed by atoms with Gasteiger partial charge in [0.05, 0.1) is 12.7 Å². The Morgan fingerprint density at radius 2 is 2.11 bits per heavy atom. The molecule has 0 aliphatic rings. The summed E-state index contributed by atoms with van der Waals surface area (Å²) >= 11 is 0. The molecule has 1 unspecified atom stereocenters. The van der Waals surface area contributed by atoms with Crippen LogP contribution in [0.5, 0.6) is 0 Å². The molecule has 0 amide bonds. The van der Waals surface area contributed by atoms with Crippen LogP contribution in [0.3, 0.4) is 0 Å². The smallest absolute Gasteiger partial charge is 0.327 e. The highest BCUT2D eigenvalue weighted by atomic mass is 16.5. The summed E-state index contributed by atoms with van der Waals surface area (Å²) in [6.45, 7) is 1.94. The maximum absolute atomic E-state index is 12.0. The summed E-state index contributed by atoms with van der Waals surface area (Å²) in [6, 6.07) is 11.4. The van der Waals surface area contributed by atoms with Gasteiger partial charge in [-0.05, 0) is 12.5 Å². The Morgan fingerprint density at radius 1 is 1.44 bits per heavy atom.